The summed E-state index contributed by atoms with van der Waals surface area (Å²) < 4.78 is 0. The molecule has 16 heavy (non-hydrogen) atoms. The maximum absolute atomic E-state index is 9.23. The van der Waals surface area contributed by atoms with Gasteiger partial charge in [0.2, 0.25) is 0 Å². The Balaban J connectivity index is 2.43. The maximum atomic E-state index is 9.23. The van der Waals surface area contributed by atoms with Gasteiger partial charge < -0.3 is 15.5 Å². The average Bonchev–Trinajstić information content (AvgIpc) is 2.28. The van der Waals surface area contributed by atoms with Crippen molar-refractivity contribution in [1.82, 2.24) is 0 Å². The molecule has 1 aromatic rings. The molecule has 3 heteroatoms. The highest BCUT2D eigenvalue weighted by atomic mass is 16.3. The molecule has 1 rings (SSSR count). The molecule has 0 aliphatic carbocycles. The first-order valence-electron chi connectivity index (χ1n) is 5.81. The topological polar surface area (TPSA) is 52.5 Å². The number of aryl methyl sites for hydroxylation is 1. The number of rotatable bonds is 7. The molecule has 0 amide bonds. The maximum Gasteiger partial charge on any atom is 0.0632 e. The molecule has 0 radical (unpaired) electrons. The fraction of sp³-hybridized carbons (Fsp3) is 0.538. The zero-order valence-corrected chi connectivity index (χ0v) is 9.82. The monoisotopic (exact) mass is 223 g/mol. The van der Waals surface area contributed by atoms with Gasteiger partial charge in [-0.25, -0.2) is 0 Å². The molecule has 0 bridgehead atoms. The predicted molar refractivity (Wildman–Crippen MR) is 66.6 cm³/mol. The Morgan fingerprint density at radius 1 is 1.25 bits per heavy atom. The molecule has 1 atom stereocenters. The lowest BCUT2D eigenvalue weighted by Gasteiger charge is -2.17. The Morgan fingerprint density at radius 2 is 2.06 bits per heavy atom. The van der Waals surface area contributed by atoms with Crippen molar-refractivity contribution in [2.75, 3.05) is 18.5 Å². The van der Waals surface area contributed by atoms with Gasteiger partial charge in [0.25, 0.3) is 0 Å². The molecular weight excluding hydrogens is 202 g/mol. The molecule has 1 unspecified atom stereocenters. The molecule has 0 fully saturated rings. The van der Waals surface area contributed by atoms with Crippen molar-refractivity contribution < 1.29 is 10.2 Å². The van der Waals surface area contributed by atoms with Gasteiger partial charge in [-0.3, -0.25) is 0 Å². The van der Waals surface area contributed by atoms with Gasteiger partial charge in [-0.1, -0.05) is 12.1 Å². The molecule has 0 aromatic heterocycles. The Morgan fingerprint density at radius 3 is 2.69 bits per heavy atom. The predicted octanol–water partition coefficient (Wildman–Crippen LogP) is 1.93. The van der Waals surface area contributed by atoms with Gasteiger partial charge in [0.1, 0.15) is 0 Å². The molecular formula is C13H21NO2. The van der Waals surface area contributed by atoms with Crippen LogP contribution in [-0.2, 0) is 0 Å². The van der Waals surface area contributed by atoms with Gasteiger partial charge in [-0.2, -0.15) is 0 Å². The normalized spacial score (nSPS) is 12.4. The number of hydrogen-bond acceptors (Lipinski definition) is 3. The van der Waals surface area contributed by atoms with Crippen molar-refractivity contribution in [2.24, 2.45) is 0 Å². The van der Waals surface area contributed by atoms with Crippen LogP contribution in [0.2, 0.25) is 0 Å². The number of aliphatic hydroxyl groups excluding tert-OH is 2. The second-order valence-electron chi connectivity index (χ2n) is 4.11. The van der Waals surface area contributed by atoms with E-state index in [4.69, 9.17) is 5.11 Å². The van der Waals surface area contributed by atoms with Crippen LogP contribution in [-0.4, -0.2) is 29.5 Å². The lowest BCUT2D eigenvalue weighted by molar-refractivity contribution is 0.254. The summed E-state index contributed by atoms with van der Waals surface area (Å²) in [6.45, 7) is 2.40. The third-order valence-electron chi connectivity index (χ3n) is 2.57. The molecule has 0 saturated heterocycles. The lowest BCUT2D eigenvalue weighted by atomic mass is 10.1. The number of nitrogens with one attached hydrogen (secondary N) is 1. The summed E-state index contributed by atoms with van der Waals surface area (Å²) in [7, 11) is 0. The third-order valence-corrected chi connectivity index (χ3v) is 2.57. The zero-order valence-electron chi connectivity index (χ0n) is 9.82. The fourth-order valence-corrected chi connectivity index (χ4v) is 1.68. The molecule has 0 spiro atoms. The Bertz CT molecular complexity index is 302. The van der Waals surface area contributed by atoms with Crippen molar-refractivity contribution in [3.05, 3.63) is 29.8 Å². The second kappa shape index (κ2) is 7.25. The van der Waals surface area contributed by atoms with Crippen molar-refractivity contribution in [3.63, 3.8) is 0 Å². The van der Waals surface area contributed by atoms with Crippen LogP contribution in [0.5, 0.6) is 0 Å². The van der Waals surface area contributed by atoms with Crippen molar-refractivity contribution >= 4 is 5.69 Å². The number of unbranched alkanes of at least 4 members (excludes halogenated alkanes) is 1. The van der Waals surface area contributed by atoms with E-state index in [0.717, 1.165) is 24.9 Å². The van der Waals surface area contributed by atoms with Gasteiger partial charge in [0, 0.05) is 18.3 Å². The van der Waals surface area contributed by atoms with Gasteiger partial charge in [-0.15, -0.1) is 0 Å². The highest BCUT2D eigenvalue weighted by Gasteiger charge is 2.06. The summed E-state index contributed by atoms with van der Waals surface area (Å²) in [5.41, 5.74) is 2.25. The van der Waals surface area contributed by atoms with Gasteiger partial charge in [0.05, 0.1) is 6.61 Å². The molecule has 0 aliphatic rings. The lowest BCUT2D eigenvalue weighted by Crippen LogP contribution is -2.23. The summed E-state index contributed by atoms with van der Waals surface area (Å²) in [5.74, 6) is 0. The van der Waals surface area contributed by atoms with E-state index < -0.39 is 0 Å². The molecule has 0 aliphatic heterocycles. The summed E-state index contributed by atoms with van der Waals surface area (Å²) >= 11 is 0. The summed E-state index contributed by atoms with van der Waals surface area (Å²) in [5, 5.41) is 21.2. The molecule has 3 nitrogen and oxygen atoms in total. The summed E-state index contributed by atoms with van der Waals surface area (Å²) in [6, 6.07) is 8.19. The minimum Gasteiger partial charge on any atom is -0.396 e. The minimum absolute atomic E-state index is 0.0772. The third kappa shape index (κ3) is 4.64. The SMILES string of the molecule is Cc1cccc(NC(CO)CCCCO)c1. The van der Waals surface area contributed by atoms with Crippen LogP contribution in [0.4, 0.5) is 5.69 Å². The van der Waals surface area contributed by atoms with Crippen LogP contribution < -0.4 is 5.32 Å². The first-order chi connectivity index (χ1) is 7.76. The second-order valence-corrected chi connectivity index (χ2v) is 4.11. The Kier molecular flexibility index (Phi) is 5.90. The van der Waals surface area contributed by atoms with Crippen LogP contribution in [0.3, 0.4) is 0 Å². The summed E-state index contributed by atoms with van der Waals surface area (Å²) in [6.07, 6.45) is 2.61. The first kappa shape index (κ1) is 13.0. The average molecular weight is 223 g/mol. The van der Waals surface area contributed by atoms with Gasteiger partial charge >= 0.3 is 0 Å². The zero-order chi connectivity index (χ0) is 11.8. The largest absolute Gasteiger partial charge is 0.396 e. The quantitative estimate of drug-likeness (QED) is 0.619. The van der Waals surface area contributed by atoms with E-state index in [1.807, 2.05) is 25.1 Å². The molecule has 90 valence electrons. The highest BCUT2D eigenvalue weighted by Crippen LogP contribution is 2.13. The van der Waals surface area contributed by atoms with Crippen LogP contribution >= 0.6 is 0 Å². The number of aliphatic hydroxyl groups is 2. The van der Waals surface area contributed by atoms with Gasteiger partial charge in [0.15, 0.2) is 0 Å². The van der Waals surface area contributed by atoms with Crippen molar-refractivity contribution in [2.45, 2.75) is 32.2 Å². The van der Waals surface area contributed by atoms with E-state index in [2.05, 4.69) is 11.4 Å². The molecule has 1 aromatic carbocycles. The van der Waals surface area contributed by atoms with Crippen LogP contribution in [0.15, 0.2) is 24.3 Å². The highest BCUT2D eigenvalue weighted by molar-refractivity contribution is 5.46. The van der Waals surface area contributed by atoms with E-state index >= 15 is 0 Å². The van der Waals surface area contributed by atoms with Gasteiger partial charge in [-0.05, 0) is 43.9 Å². The van der Waals surface area contributed by atoms with Crippen LogP contribution in [0, 0.1) is 6.92 Å². The Labute approximate surface area is 97.1 Å². The fourth-order valence-electron chi connectivity index (χ4n) is 1.68. The first-order valence-corrected chi connectivity index (χ1v) is 5.81. The molecule has 0 heterocycles. The minimum atomic E-state index is 0.0772. The number of anilines is 1. The van der Waals surface area contributed by atoms with Crippen molar-refractivity contribution in [1.29, 1.82) is 0 Å². The standard InChI is InChI=1S/C13H21NO2/c1-11-5-4-7-12(9-11)14-13(10-16)6-2-3-8-15/h4-5,7,9,13-16H,2-3,6,8,10H2,1H3. The summed E-state index contributed by atoms with van der Waals surface area (Å²) in [4.78, 5) is 0. The van der Waals surface area contributed by atoms with Crippen LogP contribution in [0.25, 0.3) is 0 Å². The smallest absolute Gasteiger partial charge is 0.0632 e. The molecule has 3 N–H and O–H groups in total. The number of benzene rings is 1. The van der Waals surface area contributed by atoms with E-state index in [1.165, 1.54) is 5.56 Å². The van der Waals surface area contributed by atoms with Crippen LogP contribution in [0.1, 0.15) is 24.8 Å². The molecule has 0 saturated carbocycles. The van der Waals surface area contributed by atoms with E-state index in [0.29, 0.717) is 0 Å². The van der Waals surface area contributed by atoms with Crippen molar-refractivity contribution in [3.8, 4) is 0 Å². The van der Waals surface area contributed by atoms with E-state index in [-0.39, 0.29) is 19.3 Å². The Hall–Kier alpha value is -1.06. The van der Waals surface area contributed by atoms with E-state index in [9.17, 15) is 5.11 Å². The number of hydrogen-bond donors (Lipinski definition) is 3. The van der Waals surface area contributed by atoms with E-state index in [1.54, 1.807) is 0 Å².